The molecular weight excluding hydrogens is 334 g/mol. The number of amides is 1. The third kappa shape index (κ3) is 3.44. The normalized spacial score (nSPS) is 17.6. The molecule has 3 rings (SSSR count). The number of morpholine rings is 1. The smallest absolute Gasteiger partial charge is 0.373 e. The van der Waals surface area contributed by atoms with Gasteiger partial charge in [0.1, 0.15) is 6.10 Å². The number of furan rings is 1. The molecule has 1 fully saturated rings. The molecule has 2 heterocycles. The Kier molecular flexibility index (Phi) is 4.87. The van der Waals surface area contributed by atoms with E-state index in [2.05, 4.69) is 4.74 Å². The van der Waals surface area contributed by atoms with E-state index < -0.39 is 5.97 Å². The van der Waals surface area contributed by atoms with Crippen molar-refractivity contribution in [1.29, 1.82) is 0 Å². The van der Waals surface area contributed by atoms with Crippen LogP contribution in [-0.4, -0.2) is 43.6 Å². The van der Waals surface area contributed by atoms with Crippen LogP contribution in [0.25, 0.3) is 0 Å². The lowest BCUT2D eigenvalue weighted by molar-refractivity contribution is -0.0238. The van der Waals surface area contributed by atoms with Crippen LogP contribution >= 0.6 is 11.6 Å². The van der Waals surface area contributed by atoms with Crippen LogP contribution in [0.1, 0.15) is 32.8 Å². The number of nitrogens with zero attached hydrogens (tertiary/aromatic N) is 1. The second-order valence-corrected chi connectivity index (χ2v) is 5.76. The molecule has 0 bridgehead atoms. The highest BCUT2D eigenvalue weighted by atomic mass is 35.5. The summed E-state index contributed by atoms with van der Waals surface area (Å²) in [6.45, 7) is 1.24. The number of carbonyl (C=O) groups is 2. The summed E-state index contributed by atoms with van der Waals surface area (Å²) in [6.07, 6.45) is -0.253. The third-order valence-electron chi connectivity index (χ3n) is 3.78. The zero-order chi connectivity index (χ0) is 17.1. The van der Waals surface area contributed by atoms with E-state index >= 15 is 0 Å². The predicted molar refractivity (Wildman–Crippen MR) is 86.1 cm³/mol. The van der Waals surface area contributed by atoms with Gasteiger partial charge in [-0.2, -0.15) is 0 Å². The van der Waals surface area contributed by atoms with Gasteiger partial charge in [0, 0.05) is 11.6 Å². The molecule has 1 saturated heterocycles. The van der Waals surface area contributed by atoms with Gasteiger partial charge >= 0.3 is 5.97 Å². The maximum atomic E-state index is 12.6. The molecule has 1 amide bonds. The maximum Gasteiger partial charge on any atom is 0.373 e. The molecule has 126 valence electrons. The summed E-state index contributed by atoms with van der Waals surface area (Å²) in [5, 5.41) is 0.619. The largest absolute Gasteiger partial charge is 0.463 e. The van der Waals surface area contributed by atoms with Gasteiger partial charge in [-0.05, 0) is 29.8 Å². The minimum Gasteiger partial charge on any atom is -0.463 e. The average molecular weight is 350 g/mol. The summed E-state index contributed by atoms with van der Waals surface area (Å²) < 4.78 is 15.6. The Morgan fingerprint density at radius 3 is 2.79 bits per heavy atom. The Balaban J connectivity index is 1.73. The summed E-state index contributed by atoms with van der Waals surface area (Å²) in [7, 11) is 1.25. The lowest BCUT2D eigenvalue weighted by Crippen LogP contribution is -2.42. The molecule has 0 aliphatic carbocycles. The van der Waals surface area contributed by atoms with Gasteiger partial charge in [0.2, 0.25) is 5.76 Å². The van der Waals surface area contributed by atoms with Gasteiger partial charge in [-0.3, -0.25) is 4.79 Å². The molecule has 1 aromatic heterocycles. The van der Waals surface area contributed by atoms with Crippen molar-refractivity contribution in [3.05, 3.63) is 58.5 Å². The molecule has 1 unspecified atom stereocenters. The van der Waals surface area contributed by atoms with Crippen LogP contribution in [0.15, 0.2) is 40.8 Å². The van der Waals surface area contributed by atoms with Crippen LogP contribution < -0.4 is 0 Å². The van der Waals surface area contributed by atoms with Crippen LogP contribution in [0.2, 0.25) is 5.02 Å². The fourth-order valence-corrected chi connectivity index (χ4v) is 2.76. The minimum atomic E-state index is -0.618. The summed E-state index contributed by atoms with van der Waals surface area (Å²) >= 11 is 6.01. The van der Waals surface area contributed by atoms with Crippen LogP contribution in [0.3, 0.4) is 0 Å². The fraction of sp³-hybridized carbons (Fsp3) is 0.294. The van der Waals surface area contributed by atoms with Gasteiger partial charge in [0.25, 0.3) is 5.91 Å². The van der Waals surface area contributed by atoms with Gasteiger partial charge in [-0.1, -0.05) is 23.7 Å². The minimum absolute atomic E-state index is 0.000464. The summed E-state index contributed by atoms with van der Waals surface area (Å²) in [5.41, 5.74) is 0.912. The Morgan fingerprint density at radius 2 is 2.04 bits per heavy atom. The van der Waals surface area contributed by atoms with Crippen molar-refractivity contribution in [2.75, 3.05) is 26.8 Å². The Bertz CT molecular complexity index is 757. The number of esters is 1. The zero-order valence-corrected chi connectivity index (χ0v) is 13.8. The van der Waals surface area contributed by atoms with Crippen molar-refractivity contribution in [3.63, 3.8) is 0 Å². The summed E-state index contributed by atoms with van der Waals surface area (Å²) in [4.78, 5) is 25.6. The Hall–Kier alpha value is -2.31. The van der Waals surface area contributed by atoms with Crippen LogP contribution in [0.4, 0.5) is 0 Å². The second kappa shape index (κ2) is 7.07. The maximum absolute atomic E-state index is 12.6. The molecule has 1 atom stereocenters. The van der Waals surface area contributed by atoms with Gasteiger partial charge in [0.05, 0.1) is 20.3 Å². The molecule has 0 N–H and O–H groups in total. The van der Waals surface area contributed by atoms with E-state index in [4.69, 9.17) is 20.8 Å². The molecule has 6 nitrogen and oxygen atoms in total. The van der Waals surface area contributed by atoms with Crippen molar-refractivity contribution in [1.82, 2.24) is 4.90 Å². The van der Waals surface area contributed by atoms with E-state index in [-0.39, 0.29) is 23.5 Å². The lowest BCUT2D eigenvalue weighted by atomic mass is 10.1. The van der Waals surface area contributed by atoms with Crippen LogP contribution in [-0.2, 0) is 9.47 Å². The number of methoxy groups -OCH3 is 1. The van der Waals surface area contributed by atoms with Crippen molar-refractivity contribution in [2.45, 2.75) is 6.10 Å². The fourth-order valence-electron chi connectivity index (χ4n) is 2.56. The Morgan fingerprint density at radius 1 is 1.25 bits per heavy atom. The molecule has 24 heavy (non-hydrogen) atoms. The third-order valence-corrected chi connectivity index (χ3v) is 4.01. The number of hydrogen-bond acceptors (Lipinski definition) is 5. The van der Waals surface area contributed by atoms with Crippen molar-refractivity contribution in [3.8, 4) is 0 Å². The molecular formula is C17H16ClNO5. The SMILES string of the molecule is COC(=O)c1ccc(C(=O)N2CCOC(c3cccc(Cl)c3)C2)o1. The molecule has 2 aromatic rings. The molecule has 1 aliphatic rings. The lowest BCUT2D eigenvalue weighted by Gasteiger charge is -2.32. The molecule has 0 spiro atoms. The predicted octanol–water partition coefficient (Wildman–Crippen LogP) is 2.93. The van der Waals surface area contributed by atoms with Crippen LogP contribution in [0.5, 0.6) is 0 Å². The second-order valence-electron chi connectivity index (χ2n) is 5.32. The highest BCUT2D eigenvalue weighted by molar-refractivity contribution is 6.30. The number of carbonyl (C=O) groups excluding carboxylic acids is 2. The van der Waals surface area contributed by atoms with E-state index in [9.17, 15) is 9.59 Å². The van der Waals surface area contributed by atoms with Gasteiger partial charge in [0.15, 0.2) is 5.76 Å². The first-order valence-corrected chi connectivity index (χ1v) is 7.81. The first-order chi connectivity index (χ1) is 11.6. The number of ether oxygens (including phenoxy) is 2. The van der Waals surface area contributed by atoms with E-state index in [1.807, 2.05) is 18.2 Å². The summed E-state index contributed by atoms with van der Waals surface area (Å²) in [6, 6.07) is 10.3. The van der Waals surface area contributed by atoms with E-state index in [1.54, 1.807) is 11.0 Å². The highest BCUT2D eigenvalue weighted by Crippen LogP contribution is 2.25. The van der Waals surface area contributed by atoms with Crippen molar-refractivity contribution in [2.24, 2.45) is 0 Å². The highest BCUT2D eigenvalue weighted by Gasteiger charge is 2.28. The average Bonchev–Trinajstić information content (AvgIpc) is 3.10. The summed E-state index contributed by atoms with van der Waals surface area (Å²) in [5.74, 6) is -0.809. The van der Waals surface area contributed by atoms with E-state index in [0.29, 0.717) is 24.7 Å². The number of rotatable bonds is 3. The zero-order valence-electron chi connectivity index (χ0n) is 13.0. The Labute approximate surface area is 143 Å². The number of benzene rings is 1. The topological polar surface area (TPSA) is 69.0 Å². The molecule has 0 saturated carbocycles. The standard InChI is InChI=1S/C17H16ClNO5/c1-22-17(21)14-6-5-13(24-14)16(20)19-7-8-23-15(10-19)11-3-2-4-12(18)9-11/h2-6,9,15H,7-8,10H2,1H3. The first kappa shape index (κ1) is 16.5. The number of hydrogen-bond donors (Lipinski definition) is 0. The molecule has 1 aliphatic heterocycles. The first-order valence-electron chi connectivity index (χ1n) is 7.43. The van der Waals surface area contributed by atoms with E-state index in [0.717, 1.165) is 5.56 Å². The molecule has 1 aromatic carbocycles. The monoisotopic (exact) mass is 349 g/mol. The van der Waals surface area contributed by atoms with Gasteiger partial charge in [-0.25, -0.2) is 4.79 Å². The molecule has 0 radical (unpaired) electrons. The molecule has 7 heteroatoms. The van der Waals surface area contributed by atoms with Crippen LogP contribution in [0, 0.1) is 0 Å². The van der Waals surface area contributed by atoms with Crippen molar-refractivity contribution < 1.29 is 23.5 Å². The van der Waals surface area contributed by atoms with Gasteiger partial charge < -0.3 is 18.8 Å². The van der Waals surface area contributed by atoms with Crippen molar-refractivity contribution >= 4 is 23.5 Å². The van der Waals surface area contributed by atoms with Gasteiger partial charge in [-0.15, -0.1) is 0 Å². The number of halogens is 1. The van der Waals surface area contributed by atoms with E-state index in [1.165, 1.54) is 19.2 Å². The quantitative estimate of drug-likeness (QED) is 0.797.